The van der Waals surface area contributed by atoms with Gasteiger partial charge in [-0.05, 0) is 49.9 Å². The lowest BCUT2D eigenvalue weighted by atomic mass is 9.92. The molecule has 0 saturated heterocycles. The van der Waals surface area contributed by atoms with Gasteiger partial charge in [-0.25, -0.2) is 0 Å². The maximum atomic E-state index is 12.6. The van der Waals surface area contributed by atoms with Gasteiger partial charge in [0.2, 0.25) is 0 Å². The van der Waals surface area contributed by atoms with Crippen LogP contribution in [0.5, 0.6) is 0 Å². The molecule has 1 atom stereocenters. The fourth-order valence-electron chi connectivity index (χ4n) is 2.09. The lowest BCUT2D eigenvalue weighted by Gasteiger charge is -2.10. The molecule has 1 aromatic heterocycles. The zero-order chi connectivity index (χ0) is 16.3. The van der Waals surface area contributed by atoms with E-state index in [1.807, 2.05) is 44.4 Å². The maximum Gasteiger partial charge on any atom is 0.197 e. The molecule has 2 aromatic rings. The Morgan fingerprint density at radius 1 is 1.18 bits per heavy atom. The van der Waals surface area contributed by atoms with E-state index in [0.717, 1.165) is 15.3 Å². The second-order valence-corrected chi connectivity index (χ2v) is 7.05. The van der Waals surface area contributed by atoms with Crippen LogP contribution in [0.2, 0.25) is 0 Å². The summed E-state index contributed by atoms with van der Waals surface area (Å²) in [5, 5.41) is 9.32. The minimum Gasteiger partial charge on any atom is -0.292 e. The first-order valence-electron chi connectivity index (χ1n) is 6.67. The molecule has 0 aliphatic rings. The molecule has 0 spiro atoms. The number of hydrogen-bond donors (Lipinski definition) is 0. The van der Waals surface area contributed by atoms with Crippen LogP contribution in [0.25, 0.3) is 0 Å². The molecule has 0 aliphatic heterocycles. The third kappa shape index (κ3) is 3.29. The van der Waals surface area contributed by atoms with E-state index in [1.54, 1.807) is 12.1 Å². The number of ketones is 2. The number of benzene rings is 1. The van der Waals surface area contributed by atoms with Crippen molar-refractivity contribution in [3.05, 3.63) is 51.2 Å². The first kappa shape index (κ1) is 16.5. The van der Waals surface area contributed by atoms with Gasteiger partial charge in [-0.3, -0.25) is 9.59 Å². The Labute approximate surface area is 138 Å². The SMILES string of the molecule is CSc1ccc(C)c(C(=O)[C@H](C#N)C(=O)c2ccc(C)s2)c1. The number of Topliss-reactive ketones (excluding diaryl/α,β-unsaturated/α-hetero) is 2. The second kappa shape index (κ2) is 6.91. The molecular weight excluding hydrogens is 314 g/mol. The Bertz CT molecular complexity index is 771. The van der Waals surface area contributed by atoms with E-state index in [0.29, 0.717) is 10.4 Å². The molecule has 22 heavy (non-hydrogen) atoms. The van der Waals surface area contributed by atoms with E-state index in [9.17, 15) is 14.9 Å². The smallest absolute Gasteiger partial charge is 0.197 e. The molecule has 0 radical (unpaired) electrons. The second-order valence-electron chi connectivity index (χ2n) is 4.88. The van der Waals surface area contributed by atoms with Crippen molar-refractivity contribution in [3.8, 4) is 6.07 Å². The molecular formula is C17H15NO2S2. The third-order valence-corrected chi connectivity index (χ3v) is 5.09. The van der Waals surface area contributed by atoms with Crippen molar-refractivity contribution in [3.63, 3.8) is 0 Å². The Kier molecular flexibility index (Phi) is 5.17. The summed E-state index contributed by atoms with van der Waals surface area (Å²) in [5.41, 5.74) is 1.22. The summed E-state index contributed by atoms with van der Waals surface area (Å²) in [6.45, 7) is 3.70. The molecule has 0 fully saturated rings. The third-order valence-electron chi connectivity index (χ3n) is 3.35. The monoisotopic (exact) mass is 329 g/mol. The molecule has 112 valence electrons. The first-order valence-corrected chi connectivity index (χ1v) is 8.71. The topological polar surface area (TPSA) is 57.9 Å². The molecule has 5 heteroatoms. The summed E-state index contributed by atoms with van der Waals surface area (Å²) in [6.07, 6.45) is 1.92. The predicted octanol–water partition coefficient (Wildman–Crippen LogP) is 4.29. The van der Waals surface area contributed by atoms with Crippen LogP contribution in [0.15, 0.2) is 35.2 Å². The number of aryl methyl sites for hydroxylation is 2. The molecule has 1 heterocycles. The normalized spacial score (nSPS) is 11.7. The highest BCUT2D eigenvalue weighted by Crippen LogP contribution is 2.25. The van der Waals surface area contributed by atoms with Gasteiger partial charge >= 0.3 is 0 Å². The molecule has 0 bridgehead atoms. The standard InChI is InChI=1S/C17H15NO2S2/c1-10-4-6-12(21-3)8-13(10)16(19)14(9-18)17(20)15-7-5-11(2)22-15/h4-8,14H,1-3H3/t14-/m0/s1. The van der Waals surface area contributed by atoms with Crippen LogP contribution in [-0.4, -0.2) is 17.8 Å². The highest BCUT2D eigenvalue weighted by atomic mass is 32.2. The summed E-state index contributed by atoms with van der Waals surface area (Å²) in [7, 11) is 0. The summed E-state index contributed by atoms with van der Waals surface area (Å²) in [5.74, 6) is -2.12. The van der Waals surface area contributed by atoms with Crippen molar-refractivity contribution in [1.29, 1.82) is 5.26 Å². The van der Waals surface area contributed by atoms with Crippen LogP contribution in [0.4, 0.5) is 0 Å². The number of carbonyl (C=O) groups excluding carboxylic acids is 2. The molecule has 1 aromatic carbocycles. The summed E-state index contributed by atoms with van der Waals surface area (Å²) >= 11 is 2.83. The molecule has 0 N–H and O–H groups in total. The van der Waals surface area contributed by atoms with Gasteiger partial charge in [-0.1, -0.05) is 6.07 Å². The predicted molar refractivity (Wildman–Crippen MR) is 89.8 cm³/mol. The Balaban J connectivity index is 2.38. The molecule has 0 aliphatic carbocycles. The number of thiophene rings is 1. The summed E-state index contributed by atoms with van der Waals surface area (Å²) in [6, 6.07) is 10.9. The van der Waals surface area contributed by atoms with Gasteiger partial charge in [0, 0.05) is 15.3 Å². The van der Waals surface area contributed by atoms with E-state index in [1.165, 1.54) is 23.1 Å². The quantitative estimate of drug-likeness (QED) is 0.466. The van der Waals surface area contributed by atoms with Gasteiger partial charge in [0.25, 0.3) is 0 Å². The van der Waals surface area contributed by atoms with Crippen LogP contribution in [0.1, 0.15) is 30.5 Å². The van der Waals surface area contributed by atoms with Crippen molar-refractivity contribution < 1.29 is 9.59 Å². The molecule has 0 amide bonds. The van der Waals surface area contributed by atoms with Crippen LogP contribution in [-0.2, 0) is 0 Å². The number of hydrogen-bond acceptors (Lipinski definition) is 5. The minimum absolute atomic E-state index is 0.417. The highest BCUT2D eigenvalue weighted by Gasteiger charge is 2.30. The van der Waals surface area contributed by atoms with Gasteiger partial charge in [-0.15, -0.1) is 23.1 Å². The van der Waals surface area contributed by atoms with Gasteiger partial charge in [0.05, 0.1) is 10.9 Å². The van der Waals surface area contributed by atoms with E-state index in [-0.39, 0.29) is 0 Å². The van der Waals surface area contributed by atoms with Gasteiger partial charge in [0.15, 0.2) is 17.5 Å². The number of nitriles is 1. The Morgan fingerprint density at radius 3 is 2.45 bits per heavy atom. The van der Waals surface area contributed by atoms with Crippen molar-refractivity contribution in [2.24, 2.45) is 5.92 Å². The van der Waals surface area contributed by atoms with Gasteiger partial charge < -0.3 is 0 Å². The number of nitrogens with zero attached hydrogens (tertiary/aromatic N) is 1. The van der Waals surface area contributed by atoms with Crippen molar-refractivity contribution in [2.45, 2.75) is 18.7 Å². The average molecular weight is 329 g/mol. The molecule has 0 saturated carbocycles. The Morgan fingerprint density at radius 2 is 1.91 bits per heavy atom. The van der Waals surface area contributed by atoms with Crippen molar-refractivity contribution in [2.75, 3.05) is 6.26 Å². The van der Waals surface area contributed by atoms with Crippen molar-refractivity contribution in [1.82, 2.24) is 0 Å². The summed E-state index contributed by atoms with van der Waals surface area (Å²) in [4.78, 5) is 27.4. The zero-order valence-corrected chi connectivity index (χ0v) is 14.2. The average Bonchev–Trinajstić information content (AvgIpc) is 2.94. The van der Waals surface area contributed by atoms with E-state index in [2.05, 4.69) is 0 Å². The van der Waals surface area contributed by atoms with Gasteiger partial charge in [-0.2, -0.15) is 5.26 Å². The van der Waals surface area contributed by atoms with Crippen molar-refractivity contribution >= 4 is 34.7 Å². The fraction of sp³-hybridized carbons (Fsp3) is 0.235. The molecule has 0 unspecified atom stereocenters. The lowest BCUT2D eigenvalue weighted by Crippen LogP contribution is -2.23. The Hall–Kier alpha value is -1.90. The zero-order valence-electron chi connectivity index (χ0n) is 12.5. The highest BCUT2D eigenvalue weighted by molar-refractivity contribution is 7.98. The van der Waals surface area contributed by atoms with E-state index < -0.39 is 17.5 Å². The van der Waals surface area contributed by atoms with Gasteiger partial charge in [0.1, 0.15) is 0 Å². The van der Waals surface area contributed by atoms with E-state index in [4.69, 9.17) is 0 Å². The summed E-state index contributed by atoms with van der Waals surface area (Å²) < 4.78 is 0. The first-order chi connectivity index (χ1) is 10.5. The molecule has 3 nitrogen and oxygen atoms in total. The number of carbonyl (C=O) groups is 2. The van der Waals surface area contributed by atoms with E-state index >= 15 is 0 Å². The fourth-order valence-corrected chi connectivity index (χ4v) is 3.37. The van der Waals surface area contributed by atoms with Crippen LogP contribution >= 0.6 is 23.1 Å². The molecule has 2 rings (SSSR count). The van der Waals surface area contributed by atoms with Crippen LogP contribution < -0.4 is 0 Å². The minimum atomic E-state index is -1.28. The lowest BCUT2D eigenvalue weighted by molar-refractivity contribution is 0.0848. The number of thioether (sulfide) groups is 1. The van der Waals surface area contributed by atoms with Crippen LogP contribution in [0, 0.1) is 31.1 Å². The maximum absolute atomic E-state index is 12.6. The van der Waals surface area contributed by atoms with Crippen LogP contribution in [0.3, 0.4) is 0 Å². The number of rotatable bonds is 5. The largest absolute Gasteiger partial charge is 0.292 e.